The lowest BCUT2D eigenvalue weighted by Gasteiger charge is -2.21. The highest BCUT2D eigenvalue weighted by Gasteiger charge is 2.30. The summed E-state index contributed by atoms with van der Waals surface area (Å²) in [4.78, 5) is 72.9. The van der Waals surface area contributed by atoms with Gasteiger partial charge in [0.1, 0.15) is 19.3 Å². The molecule has 19 heteroatoms. The molecule has 0 aromatic carbocycles. The van der Waals surface area contributed by atoms with Gasteiger partial charge in [-0.05, 0) is 43.4 Å². The molecule has 0 rings (SSSR count). The maximum Gasteiger partial charge on any atom is 0.472 e. The van der Waals surface area contributed by atoms with Crippen molar-refractivity contribution in [1.82, 2.24) is 0 Å². The maximum absolute atomic E-state index is 13.1. The van der Waals surface area contributed by atoms with Crippen LogP contribution >= 0.6 is 15.6 Å². The highest BCUT2D eigenvalue weighted by Crippen LogP contribution is 2.45. The van der Waals surface area contributed by atoms with E-state index >= 15 is 0 Å². The van der Waals surface area contributed by atoms with Gasteiger partial charge in [0.2, 0.25) is 0 Å². The lowest BCUT2D eigenvalue weighted by atomic mass is 9.99. The fraction of sp³-hybridized carbons (Fsp3) is 0.948. The summed E-state index contributed by atoms with van der Waals surface area (Å²) in [6.07, 6.45) is 53.9. The molecule has 0 aliphatic heterocycles. The van der Waals surface area contributed by atoms with Crippen LogP contribution in [0.25, 0.3) is 0 Å². The van der Waals surface area contributed by atoms with E-state index in [-0.39, 0.29) is 25.7 Å². The molecule has 17 nitrogen and oxygen atoms in total. The van der Waals surface area contributed by atoms with Crippen molar-refractivity contribution >= 4 is 39.5 Å². The largest absolute Gasteiger partial charge is 0.472 e. The highest BCUT2D eigenvalue weighted by molar-refractivity contribution is 7.47. The molecule has 570 valence electrons. The summed E-state index contributed by atoms with van der Waals surface area (Å²) < 4.78 is 68.6. The lowest BCUT2D eigenvalue weighted by molar-refractivity contribution is -0.161. The van der Waals surface area contributed by atoms with Crippen molar-refractivity contribution in [2.24, 2.45) is 17.8 Å². The van der Waals surface area contributed by atoms with Crippen LogP contribution in [0.2, 0.25) is 0 Å². The SMILES string of the molecule is CCCCCCCCCCCCCC(=O)OC[C@H](COP(=O)(O)OC[C@H](O)COP(=O)(O)OC[C@@H](COC(=O)CCCCCCCCCCCCC(C)CC)OC(=O)CCCCCCCCCCCCCCCCCC(C)C)OC(=O)CCCCCCCCCCCCC(C)C. The van der Waals surface area contributed by atoms with E-state index in [1.165, 1.54) is 205 Å². The number of carbonyl (C=O) groups is 4. The summed E-state index contributed by atoms with van der Waals surface area (Å²) in [5.74, 6) is 0.249. The number of carbonyl (C=O) groups excluding carboxylic acids is 4. The van der Waals surface area contributed by atoms with Crippen LogP contribution in [0.5, 0.6) is 0 Å². The van der Waals surface area contributed by atoms with Gasteiger partial charge in [0.05, 0.1) is 26.4 Å². The predicted octanol–water partition coefficient (Wildman–Crippen LogP) is 22.6. The quantitative estimate of drug-likeness (QED) is 0.0222. The third-order valence-electron chi connectivity index (χ3n) is 18.2. The standard InChI is InChI=1S/C77H150O17P2/c1-8-10-11-12-13-14-20-30-37-44-51-58-74(79)87-64-73(94-77(82)61-54-47-40-33-25-23-28-35-42-49-56-69(5)6)67-92-96(85,86)90-63-71(78)62-89-95(83,84)91-66-72(65-88-75(80)59-52-45-38-31-26-24-29-36-43-50-57-70(7)9-2)93-76(81)60-53-46-39-32-22-19-17-15-16-18-21-27-34-41-48-55-68(3)4/h68-73,78H,8-67H2,1-7H3,(H,83,84)(H,85,86)/t70?,71-,72-,73-/m1/s1. The zero-order valence-electron chi connectivity index (χ0n) is 62.8. The monoisotopic (exact) mass is 1410 g/mol. The Balaban J connectivity index is 5.26. The molecular weight excluding hydrogens is 1260 g/mol. The molecule has 0 fully saturated rings. The lowest BCUT2D eigenvalue weighted by Crippen LogP contribution is -2.30. The summed E-state index contributed by atoms with van der Waals surface area (Å²) >= 11 is 0. The Bertz CT molecular complexity index is 1870. The highest BCUT2D eigenvalue weighted by atomic mass is 31.2. The summed E-state index contributed by atoms with van der Waals surface area (Å²) in [6.45, 7) is 12.0. The Morgan fingerprint density at radius 1 is 0.302 bits per heavy atom. The third-order valence-corrected chi connectivity index (χ3v) is 20.1. The van der Waals surface area contributed by atoms with Crippen LogP contribution in [0.1, 0.15) is 395 Å². The Morgan fingerprint density at radius 2 is 0.531 bits per heavy atom. The van der Waals surface area contributed by atoms with E-state index in [2.05, 4.69) is 48.5 Å². The second kappa shape index (κ2) is 67.5. The maximum atomic E-state index is 13.1. The number of aliphatic hydroxyl groups excluding tert-OH is 1. The van der Waals surface area contributed by atoms with Crippen LogP contribution in [0.4, 0.5) is 0 Å². The zero-order valence-corrected chi connectivity index (χ0v) is 64.6. The van der Waals surface area contributed by atoms with Crippen molar-refractivity contribution in [3.05, 3.63) is 0 Å². The summed E-state index contributed by atoms with van der Waals surface area (Å²) in [5, 5.41) is 10.6. The molecular formula is C77H150O17P2. The molecule has 0 aromatic heterocycles. The molecule has 0 amide bonds. The minimum atomic E-state index is -4.96. The summed E-state index contributed by atoms with van der Waals surface area (Å²) in [5.41, 5.74) is 0. The van der Waals surface area contributed by atoms with E-state index in [1.807, 2.05) is 0 Å². The minimum absolute atomic E-state index is 0.106. The Hall–Kier alpha value is -1.94. The first-order chi connectivity index (χ1) is 46.3. The van der Waals surface area contributed by atoms with E-state index < -0.39 is 97.5 Å². The first kappa shape index (κ1) is 94.1. The average molecular weight is 1410 g/mol. The smallest absolute Gasteiger partial charge is 0.462 e. The Labute approximate surface area is 588 Å². The fourth-order valence-electron chi connectivity index (χ4n) is 11.7. The van der Waals surface area contributed by atoms with Crippen LogP contribution in [0.15, 0.2) is 0 Å². The number of phosphoric acid groups is 2. The van der Waals surface area contributed by atoms with Crippen molar-refractivity contribution in [3.8, 4) is 0 Å². The number of phosphoric ester groups is 2. The van der Waals surface area contributed by atoms with E-state index in [0.717, 1.165) is 108 Å². The molecule has 0 aliphatic rings. The van der Waals surface area contributed by atoms with Gasteiger partial charge in [0.15, 0.2) is 12.2 Å². The van der Waals surface area contributed by atoms with E-state index in [4.69, 9.17) is 37.0 Å². The second-order valence-corrected chi connectivity index (χ2v) is 31.8. The average Bonchev–Trinajstić information content (AvgIpc) is 1.37. The number of rotatable bonds is 75. The topological polar surface area (TPSA) is 237 Å². The molecule has 0 saturated carbocycles. The molecule has 0 spiro atoms. The molecule has 0 aromatic rings. The molecule has 3 N–H and O–H groups in total. The van der Waals surface area contributed by atoms with E-state index in [1.54, 1.807) is 0 Å². The number of ether oxygens (including phenoxy) is 4. The van der Waals surface area contributed by atoms with Crippen LogP contribution < -0.4 is 0 Å². The summed E-state index contributed by atoms with van der Waals surface area (Å²) in [7, 11) is -9.91. The van der Waals surface area contributed by atoms with Crippen LogP contribution in [-0.2, 0) is 65.4 Å². The molecule has 96 heavy (non-hydrogen) atoms. The molecule has 0 radical (unpaired) electrons. The molecule has 3 unspecified atom stereocenters. The van der Waals surface area contributed by atoms with Gasteiger partial charge in [0.25, 0.3) is 0 Å². The number of esters is 4. The molecule has 0 heterocycles. The van der Waals surface area contributed by atoms with Gasteiger partial charge >= 0.3 is 39.5 Å². The van der Waals surface area contributed by atoms with Gasteiger partial charge in [-0.25, -0.2) is 9.13 Å². The van der Waals surface area contributed by atoms with Crippen molar-refractivity contribution in [3.63, 3.8) is 0 Å². The van der Waals surface area contributed by atoms with Gasteiger partial charge in [-0.3, -0.25) is 37.3 Å². The van der Waals surface area contributed by atoms with Crippen LogP contribution in [0.3, 0.4) is 0 Å². The summed E-state index contributed by atoms with van der Waals surface area (Å²) in [6, 6.07) is 0. The Morgan fingerprint density at radius 3 is 0.792 bits per heavy atom. The Kier molecular flexibility index (Phi) is 66.2. The molecule has 0 saturated heterocycles. The zero-order chi connectivity index (χ0) is 70.9. The number of aliphatic hydroxyl groups is 1. The number of hydrogen-bond donors (Lipinski definition) is 3. The number of hydrogen-bond acceptors (Lipinski definition) is 15. The van der Waals surface area contributed by atoms with Gasteiger partial charge in [0, 0.05) is 25.7 Å². The minimum Gasteiger partial charge on any atom is -0.462 e. The van der Waals surface area contributed by atoms with Crippen molar-refractivity contribution in [2.45, 2.75) is 414 Å². The van der Waals surface area contributed by atoms with Gasteiger partial charge in [-0.1, -0.05) is 344 Å². The van der Waals surface area contributed by atoms with Crippen molar-refractivity contribution in [2.75, 3.05) is 39.6 Å². The molecule has 0 aliphatic carbocycles. The fourth-order valence-corrected chi connectivity index (χ4v) is 13.3. The van der Waals surface area contributed by atoms with Gasteiger partial charge in [-0.2, -0.15) is 0 Å². The molecule has 6 atom stereocenters. The van der Waals surface area contributed by atoms with Crippen molar-refractivity contribution in [1.29, 1.82) is 0 Å². The molecule has 0 bridgehead atoms. The normalized spacial score (nSPS) is 14.3. The van der Waals surface area contributed by atoms with Crippen LogP contribution in [-0.4, -0.2) is 96.7 Å². The van der Waals surface area contributed by atoms with Gasteiger partial charge < -0.3 is 33.8 Å². The number of unbranched alkanes of at least 4 members (excludes halogenated alkanes) is 42. The third kappa shape index (κ3) is 69.2. The first-order valence-electron chi connectivity index (χ1n) is 39.9. The van der Waals surface area contributed by atoms with Crippen molar-refractivity contribution < 1.29 is 80.2 Å². The van der Waals surface area contributed by atoms with Crippen LogP contribution in [0, 0.1) is 17.8 Å². The first-order valence-corrected chi connectivity index (χ1v) is 42.9. The predicted molar refractivity (Wildman–Crippen MR) is 391 cm³/mol. The van der Waals surface area contributed by atoms with E-state index in [9.17, 15) is 43.2 Å². The second-order valence-electron chi connectivity index (χ2n) is 28.9. The van der Waals surface area contributed by atoms with E-state index in [0.29, 0.717) is 25.7 Å². The van der Waals surface area contributed by atoms with Gasteiger partial charge in [-0.15, -0.1) is 0 Å².